The van der Waals surface area contributed by atoms with Crippen molar-refractivity contribution in [2.24, 2.45) is 0 Å². The molecule has 1 N–H and O–H groups in total. The fourth-order valence-corrected chi connectivity index (χ4v) is 1.88. The molecule has 0 aliphatic carbocycles. The number of benzene rings is 1. The fraction of sp³-hybridized carbons (Fsp3) is 0.0588. The lowest BCUT2D eigenvalue weighted by Crippen LogP contribution is -2.23. The molecule has 120 valence electrons. The number of nitrogens with zero attached hydrogens (tertiary/aromatic N) is 2. The molecule has 1 heterocycles. The highest BCUT2D eigenvalue weighted by molar-refractivity contribution is 5.97. The molecule has 7 heteroatoms. The summed E-state index contributed by atoms with van der Waals surface area (Å²) in [5.41, 5.74) is 0.214. The van der Waals surface area contributed by atoms with Gasteiger partial charge in [0.1, 0.15) is 17.4 Å². The summed E-state index contributed by atoms with van der Waals surface area (Å²) in [5, 5.41) is 22.5. The van der Waals surface area contributed by atoms with Crippen molar-refractivity contribution in [1.82, 2.24) is 5.32 Å². The van der Waals surface area contributed by atoms with Gasteiger partial charge in [-0.25, -0.2) is 0 Å². The minimum atomic E-state index is -0.555. The second kappa shape index (κ2) is 8.10. The largest absolute Gasteiger partial charge is 0.467 e. The molecule has 1 aromatic carbocycles. The van der Waals surface area contributed by atoms with Crippen molar-refractivity contribution in [3.63, 3.8) is 0 Å². The van der Waals surface area contributed by atoms with Crippen molar-refractivity contribution in [3.8, 4) is 6.07 Å². The van der Waals surface area contributed by atoms with Gasteiger partial charge in [0.2, 0.25) is 0 Å². The van der Waals surface area contributed by atoms with Crippen LogP contribution in [0.1, 0.15) is 11.3 Å². The summed E-state index contributed by atoms with van der Waals surface area (Å²) in [4.78, 5) is 22.3. The van der Waals surface area contributed by atoms with Crippen molar-refractivity contribution in [3.05, 3.63) is 81.8 Å². The van der Waals surface area contributed by atoms with E-state index in [0.29, 0.717) is 11.3 Å². The molecule has 2 rings (SSSR count). The molecule has 7 nitrogen and oxygen atoms in total. The van der Waals surface area contributed by atoms with Gasteiger partial charge in [0.05, 0.1) is 23.3 Å². The van der Waals surface area contributed by atoms with Crippen LogP contribution in [0.15, 0.2) is 64.8 Å². The Labute approximate surface area is 137 Å². The van der Waals surface area contributed by atoms with Crippen molar-refractivity contribution >= 4 is 17.7 Å². The predicted octanol–water partition coefficient (Wildman–Crippen LogP) is 2.97. The number of hydrogen-bond donors (Lipinski definition) is 1. The molecular formula is C17H13N3O4. The van der Waals surface area contributed by atoms with E-state index in [1.807, 2.05) is 0 Å². The number of rotatable bonds is 6. The number of nitriles is 1. The van der Waals surface area contributed by atoms with Gasteiger partial charge < -0.3 is 9.73 Å². The average molecular weight is 323 g/mol. The monoisotopic (exact) mass is 323 g/mol. The first-order valence-electron chi connectivity index (χ1n) is 6.94. The summed E-state index contributed by atoms with van der Waals surface area (Å²) in [6, 6.07) is 11.4. The van der Waals surface area contributed by atoms with Crippen molar-refractivity contribution in [2.45, 2.75) is 6.54 Å². The number of nitro benzene ring substituents is 1. The van der Waals surface area contributed by atoms with E-state index in [9.17, 15) is 14.9 Å². The lowest BCUT2D eigenvalue weighted by Gasteiger charge is -2.00. The maximum atomic E-state index is 11.9. The zero-order valence-corrected chi connectivity index (χ0v) is 12.5. The van der Waals surface area contributed by atoms with Crippen LogP contribution in [0.5, 0.6) is 0 Å². The second-order valence-electron chi connectivity index (χ2n) is 4.63. The minimum Gasteiger partial charge on any atom is -0.467 e. The van der Waals surface area contributed by atoms with Crippen LogP contribution in [0.3, 0.4) is 0 Å². The Hall–Kier alpha value is -3.66. The van der Waals surface area contributed by atoms with E-state index < -0.39 is 10.8 Å². The maximum absolute atomic E-state index is 11.9. The molecule has 0 fully saturated rings. The Morgan fingerprint density at radius 2 is 2.12 bits per heavy atom. The molecule has 1 aromatic heterocycles. The summed E-state index contributed by atoms with van der Waals surface area (Å²) >= 11 is 0. The van der Waals surface area contributed by atoms with Gasteiger partial charge in [0, 0.05) is 6.07 Å². The van der Waals surface area contributed by atoms with Crippen LogP contribution in [0.25, 0.3) is 6.08 Å². The lowest BCUT2D eigenvalue weighted by atomic mass is 10.1. The molecule has 0 bridgehead atoms. The van der Waals surface area contributed by atoms with E-state index in [4.69, 9.17) is 9.68 Å². The summed E-state index contributed by atoms with van der Waals surface area (Å²) in [5.74, 6) is 0.0113. The van der Waals surface area contributed by atoms with E-state index in [1.165, 1.54) is 30.6 Å². The quantitative estimate of drug-likeness (QED) is 0.289. The van der Waals surface area contributed by atoms with Gasteiger partial charge in [0.15, 0.2) is 0 Å². The first-order chi connectivity index (χ1) is 11.6. The number of para-hydroxylation sites is 1. The minimum absolute atomic E-state index is 0.0528. The molecule has 0 saturated carbocycles. The second-order valence-corrected chi connectivity index (χ2v) is 4.63. The molecule has 0 radical (unpaired) electrons. The van der Waals surface area contributed by atoms with Crippen LogP contribution in [0.2, 0.25) is 0 Å². The molecular weight excluding hydrogens is 310 g/mol. The summed E-state index contributed by atoms with van der Waals surface area (Å²) in [6.45, 7) is 0.165. The van der Waals surface area contributed by atoms with Crippen LogP contribution in [0, 0.1) is 21.4 Å². The van der Waals surface area contributed by atoms with E-state index in [0.717, 1.165) is 0 Å². The van der Waals surface area contributed by atoms with E-state index in [-0.39, 0.29) is 17.8 Å². The summed E-state index contributed by atoms with van der Waals surface area (Å²) in [7, 11) is 0. The molecule has 1 amide bonds. The molecule has 24 heavy (non-hydrogen) atoms. The van der Waals surface area contributed by atoms with Gasteiger partial charge in [-0.3, -0.25) is 14.9 Å². The van der Waals surface area contributed by atoms with Crippen LogP contribution in [-0.2, 0) is 11.3 Å². The van der Waals surface area contributed by atoms with Crippen LogP contribution in [-0.4, -0.2) is 10.8 Å². The number of furan rings is 1. The fourth-order valence-electron chi connectivity index (χ4n) is 1.88. The van der Waals surface area contributed by atoms with Gasteiger partial charge in [-0.2, -0.15) is 5.26 Å². The first kappa shape index (κ1) is 16.7. The normalized spacial score (nSPS) is 11.2. The highest BCUT2D eigenvalue weighted by atomic mass is 16.6. The average Bonchev–Trinajstić information content (AvgIpc) is 3.10. The third-order valence-corrected chi connectivity index (χ3v) is 3.04. The van der Waals surface area contributed by atoms with Crippen LogP contribution < -0.4 is 5.32 Å². The highest BCUT2D eigenvalue weighted by Crippen LogP contribution is 2.19. The Balaban J connectivity index is 2.06. The highest BCUT2D eigenvalue weighted by Gasteiger charge is 2.10. The van der Waals surface area contributed by atoms with Crippen molar-refractivity contribution in [2.75, 3.05) is 0 Å². The van der Waals surface area contributed by atoms with Crippen molar-refractivity contribution in [1.29, 1.82) is 5.26 Å². The third kappa shape index (κ3) is 4.42. The third-order valence-electron chi connectivity index (χ3n) is 3.04. The molecule has 2 aromatic rings. The molecule has 0 atom stereocenters. The number of nitro groups is 1. The summed E-state index contributed by atoms with van der Waals surface area (Å²) in [6.07, 6.45) is 5.68. The van der Waals surface area contributed by atoms with E-state index in [2.05, 4.69) is 5.32 Å². The number of amides is 1. The van der Waals surface area contributed by atoms with Crippen LogP contribution in [0.4, 0.5) is 5.69 Å². The zero-order chi connectivity index (χ0) is 17.4. The Morgan fingerprint density at radius 1 is 1.33 bits per heavy atom. The standard InChI is InChI=1S/C17H13N3O4/c18-11-14(17(21)19-12-15-8-4-10-24-15)7-3-6-13-5-1-2-9-16(13)20(22)23/h1-10H,12H2,(H,19,21)/b6-3+,14-7+. The van der Waals surface area contributed by atoms with E-state index in [1.54, 1.807) is 36.4 Å². The smallest absolute Gasteiger partial charge is 0.276 e. The zero-order valence-electron chi connectivity index (χ0n) is 12.5. The molecule has 0 unspecified atom stereocenters. The maximum Gasteiger partial charge on any atom is 0.276 e. The van der Waals surface area contributed by atoms with Crippen LogP contribution >= 0.6 is 0 Å². The van der Waals surface area contributed by atoms with Crippen molar-refractivity contribution < 1.29 is 14.1 Å². The van der Waals surface area contributed by atoms with E-state index >= 15 is 0 Å². The Bertz CT molecular complexity index is 830. The summed E-state index contributed by atoms with van der Waals surface area (Å²) < 4.78 is 5.08. The molecule has 0 aliphatic rings. The van der Waals surface area contributed by atoms with Gasteiger partial charge in [-0.1, -0.05) is 18.2 Å². The van der Waals surface area contributed by atoms with Gasteiger partial charge in [-0.15, -0.1) is 0 Å². The molecule has 0 saturated heterocycles. The number of hydrogen-bond acceptors (Lipinski definition) is 5. The first-order valence-corrected chi connectivity index (χ1v) is 6.94. The lowest BCUT2D eigenvalue weighted by molar-refractivity contribution is -0.385. The number of carbonyl (C=O) groups excluding carboxylic acids is 1. The van der Waals surface area contributed by atoms with Gasteiger partial charge in [0.25, 0.3) is 11.6 Å². The number of allylic oxidation sites excluding steroid dienone is 2. The molecule has 0 aliphatic heterocycles. The Kier molecular flexibility index (Phi) is 5.64. The van der Waals surface area contributed by atoms with Gasteiger partial charge >= 0.3 is 0 Å². The Morgan fingerprint density at radius 3 is 2.79 bits per heavy atom. The van der Waals surface area contributed by atoms with Gasteiger partial charge in [-0.05, 0) is 30.4 Å². The predicted molar refractivity (Wildman–Crippen MR) is 86.4 cm³/mol. The SMILES string of the molecule is N#C/C(=C\C=C\c1ccccc1[N+](=O)[O-])C(=O)NCc1ccco1. The molecule has 0 spiro atoms. The number of nitrogens with one attached hydrogen (secondary N) is 1. The number of carbonyl (C=O) groups is 1. The topological polar surface area (TPSA) is 109 Å².